The van der Waals surface area contributed by atoms with Crippen LogP contribution in [0.15, 0.2) is 41.3 Å². The van der Waals surface area contributed by atoms with Crippen LogP contribution in [-0.4, -0.2) is 32.6 Å². The van der Waals surface area contributed by atoms with E-state index in [2.05, 4.69) is 4.72 Å². The smallest absolute Gasteiger partial charge is 0.335 e. The van der Waals surface area contributed by atoms with Gasteiger partial charge in [0.05, 0.1) is 33.5 Å². The minimum atomic E-state index is -4.63. The van der Waals surface area contributed by atoms with Crippen molar-refractivity contribution in [3.63, 3.8) is 0 Å². The maximum absolute atomic E-state index is 13.6. The second-order valence-corrected chi connectivity index (χ2v) is 8.79. The van der Waals surface area contributed by atoms with E-state index in [0.717, 1.165) is 37.5 Å². The van der Waals surface area contributed by atoms with Crippen molar-refractivity contribution in [3.05, 3.63) is 53.1 Å². The van der Waals surface area contributed by atoms with Crippen LogP contribution in [0.1, 0.15) is 66.2 Å². The van der Waals surface area contributed by atoms with E-state index < -0.39 is 50.7 Å². The Morgan fingerprint density at radius 2 is 1.93 bits per heavy atom. The Hall–Kier alpha value is -3.05. The van der Waals surface area contributed by atoms with Crippen molar-refractivity contribution in [2.45, 2.75) is 42.8 Å². The fraction of sp³-hybridized carbons (Fsp3) is 0.364. The summed E-state index contributed by atoms with van der Waals surface area (Å²) in [7, 11) is -4.63. The molecule has 30 heavy (non-hydrogen) atoms. The van der Waals surface area contributed by atoms with E-state index in [1.165, 1.54) is 6.07 Å². The predicted octanol–water partition coefficient (Wildman–Crippen LogP) is 3.92. The highest BCUT2D eigenvalue weighted by Crippen LogP contribution is 2.43. The van der Waals surface area contributed by atoms with Gasteiger partial charge in [0.25, 0.3) is 10.0 Å². The summed E-state index contributed by atoms with van der Waals surface area (Å²) in [5.41, 5.74) is -0.100. The first kappa shape index (κ1) is 14.9. The molecule has 0 bridgehead atoms. The number of nitrogens with one attached hydrogen (secondary N) is 1. The van der Waals surface area contributed by atoms with E-state index in [0.29, 0.717) is 18.8 Å². The number of carbonyl (C=O) groups is 1. The van der Waals surface area contributed by atoms with E-state index >= 15 is 0 Å². The van der Waals surface area contributed by atoms with Gasteiger partial charge in [0.2, 0.25) is 0 Å². The van der Waals surface area contributed by atoms with Crippen molar-refractivity contribution in [1.82, 2.24) is 0 Å². The number of sulfonamides is 1. The molecule has 4 rings (SSSR count). The minimum Gasteiger partial charge on any atom is -0.478 e. The largest absolute Gasteiger partial charge is 0.478 e. The first-order chi connectivity index (χ1) is 16.3. The van der Waals surface area contributed by atoms with Gasteiger partial charge >= 0.3 is 5.97 Å². The highest BCUT2D eigenvalue weighted by molar-refractivity contribution is 7.92. The van der Waals surface area contributed by atoms with Crippen LogP contribution in [0.5, 0.6) is 0 Å². The Morgan fingerprint density at radius 1 is 1.20 bits per heavy atom. The second-order valence-electron chi connectivity index (χ2n) is 7.14. The average Bonchev–Trinajstić information content (AvgIpc) is 3.15. The van der Waals surface area contributed by atoms with Crippen molar-refractivity contribution in [3.8, 4) is 6.07 Å². The number of carboxylic acid groups (broad SMARTS) is 1. The molecule has 1 aliphatic heterocycles. The summed E-state index contributed by atoms with van der Waals surface area (Å²) in [5.74, 6) is -4.00. The third-order valence-electron chi connectivity index (χ3n) is 5.10. The number of carboxylic acids is 1. The summed E-state index contributed by atoms with van der Waals surface area (Å²) < 4.78 is 69.9. The topological polar surface area (TPSA) is 110 Å². The molecule has 0 spiro atoms. The molecule has 0 unspecified atom stereocenters. The van der Waals surface area contributed by atoms with Crippen molar-refractivity contribution < 1.29 is 25.2 Å². The maximum atomic E-state index is 13.6. The fourth-order valence-electron chi connectivity index (χ4n) is 3.55. The van der Waals surface area contributed by atoms with Crippen LogP contribution in [0.2, 0.25) is 0 Å². The van der Waals surface area contributed by atoms with Crippen LogP contribution in [0.25, 0.3) is 0 Å². The zero-order valence-electron chi connectivity index (χ0n) is 21.0. The minimum absolute atomic E-state index is 0.0819. The zero-order chi connectivity index (χ0) is 25.8. The summed E-state index contributed by atoms with van der Waals surface area (Å²) in [4.78, 5) is 12.8. The molecule has 2 N–H and O–H groups in total. The normalized spacial score (nSPS) is 23.6. The van der Waals surface area contributed by atoms with Crippen molar-refractivity contribution in [2.75, 3.05) is 22.7 Å². The van der Waals surface area contributed by atoms with Gasteiger partial charge in [0.15, 0.2) is 0 Å². The summed E-state index contributed by atoms with van der Waals surface area (Å²) >= 11 is 0. The Morgan fingerprint density at radius 3 is 2.57 bits per heavy atom. The lowest BCUT2D eigenvalue weighted by atomic mass is 10.1. The maximum Gasteiger partial charge on any atom is 0.335 e. The first-order valence-electron chi connectivity index (χ1n) is 12.0. The van der Waals surface area contributed by atoms with E-state index in [-0.39, 0.29) is 11.3 Å². The molecule has 1 saturated carbocycles. The summed E-state index contributed by atoms with van der Waals surface area (Å²) in [6, 6.07) is 9.29. The molecular formula is C22H23N3O4S. The van der Waals surface area contributed by atoms with Gasteiger partial charge in [0.1, 0.15) is 0 Å². The molecule has 0 radical (unpaired) electrons. The highest BCUT2D eigenvalue weighted by atomic mass is 32.2. The number of nitriles is 1. The summed E-state index contributed by atoms with van der Waals surface area (Å²) in [6.07, 6.45) is -2.55. The molecule has 2 fully saturated rings. The van der Waals surface area contributed by atoms with Crippen LogP contribution >= 0.6 is 0 Å². The van der Waals surface area contributed by atoms with Crippen LogP contribution in [-0.2, 0) is 10.0 Å². The number of hydrogen-bond donors (Lipinski definition) is 2. The number of aromatic carboxylic acids is 1. The highest BCUT2D eigenvalue weighted by Gasteiger charge is 2.32. The van der Waals surface area contributed by atoms with Gasteiger partial charge in [-0.05, 0) is 73.8 Å². The molecule has 2 aromatic rings. The number of benzene rings is 2. The molecule has 0 amide bonds. The Labute approximate surface area is 183 Å². The summed E-state index contributed by atoms with van der Waals surface area (Å²) in [6.45, 7) is 1.35. The van der Waals surface area contributed by atoms with Gasteiger partial charge in [-0.25, -0.2) is 13.2 Å². The third kappa shape index (κ3) is 4.12. The van der Waals surface area contributed by atoms with Gasteiger partial charge in [0, 0.05) is 19.9 Å². The van der Waals surface area contributed by atoms with Gasteiger partial charge in [-0.2, -0.15) is 5.26 Å². The van der Waals surface area contributed by atoms with Crippen molar-refractivity contribution in [2.24, 2.45) is 0 Å². The number of piperidine rings is 1. The van der Waals surface area contributed by atoms with Crippen LogP contribution < -0.4 is 9.62 Å². The van der Waals surface area contributed by atoms with Crippen molar-refractivity contribution >= 4 is 27.4 Å². The molecule has 1 saturated heterocycles. The average molecular weight is 431 g/mol. The Balaban J connectivity index is 1.85. The molecule has 7 nitrogen and oxygen atoms in total. The molecule has 8 heteroatoms. The molecule has 0 aromatic heterocycles. The molecule has 1 heterocycles. The lowest BCUT2D eigenvalue weighted by Crippen LogP contribution is -2.30. The molecule has 0 atom stereocenters. The number of rotatable bonds is 6. The monoisotopic (exact) mass is 430 g/mol. The second kappa shape index (κ2) is 8.00. The van der Waals surface area contributed by atoms with Gasteiger partial charge in [-0.1, -0.05) is 6.07 Å². The first-order valence-corrected chi connectivity index (χ1v) is 11.0. The Bertz CT molecular complexity index is 1340. The summed E-state index contributed by atoms with van der Waals surface area (Å²) in [5, 5.41) is 18.7. The number of nitrogens with zero attached hydrogens (tertiary/aromatic N) is 2. The van der Waals surface area contributed by atoms with Crippen LogP contribution in [0.4, 0.5) is 11.4 Å². The van der Waals surface area contributed by atoms with Crippen molar-refractivity contribution in [1.29, 1.82) is 5.26 Å². The number of anilines is 2. The van der Waals surface area contributed by atoms with Crippen LogP contribution in [0, 0.1) is 11.3 Å². The van der Waals surface area contributed by atoms with Gasteiger partial charge < -0.3 is 10.0 Å². The molecular weight excluding hydrogens is 402 g/mol. The van der Waals surface area contributed by atoms with E-state index in [1.807, 2.05) is 11.0 Å². The quantitative estimate of drug-likeness (QED) is 0.718. The van der Waals surface area contributed by atoms with E-state index in [4.69, 9.17) is 6.85 Å². The third-order valence-corrected chi connectivity index (χ3v) is 6.51. The SMILES string of the molecule is [2H]C1([2H])C([2H])([2H])C1([2H])c1ccc(C(=O)O)cc1S(=O)(=O)Nc1cc(C#N)ccc1N1CCCCC1. The standard InChI is InChI=1S/C22H23N3O4S/c23-14-15-4-9-20(25-10-2-1-3-11-25)19(12-15)24-30(28,29)21-13-17(22(26)27)7-8-18(21)16-5-6-16/h4,7-9,12-13,16,24H,1-3,5-6,10-11H2,(H,26,27)/i5D2,6D2,16D. The molecule has 156 valence electrons. The predicted molar refractivity (Wildman–Crippen MR) is 113 cm³/mol. The lowest BCUT2D eigenvalue weighted by molar-refractivity contribution is 0.0696. The fourth-order valence-corrected chi connectivity index (χ4v) is 4.85. The number of hydrogen-bond acceptors (Lipinski definition) is 5. The molecule has 1 aliphatic carbocycles. The molecule has 2 aromatic carbocycles. The molecule has 2 aliphatic rings. The van der Waals surface area contributed by atoms with Gasteiger partial charge in [-0.3, -0.25) is 4.72 Å². The van der Waals surface area contributed by atoms with E-state index in [1.54, 1.807) is 12.1 Å². The van der Waals surface area contributed by atoms with Gasteiger partial charge in [-0.15, -0.1) is 0 Å². The lowest BCUT2D eigenvalue weighted by Gasteiger charge is -2.30. The van der Waals surface area contributed by atoms with Crippen LogP contribution in [0.3, 0.4) is 0 Å². The zero-order valence-corrected chi connectivity index (χ0v) is 16.8. The Kier molecular flexibility index (Phi) is 3.96. The van der Waals surface area contributed by atoms with E-state index in [9.17, 15) is 23.6 Å².